The zero-order valence-electron chi connectivity index (χ0n) is 15.5. The molecule has 1 fully saturated rings. The van der Waals surface area contributed by atoms with Crippen molar-refractivity contribution in [1.82, 2.24) is 9.21 Å². The van der Waals surface area contributed by atoms with Gasteiger partial charge in [-0.2, -0.15) is 4.31 Å². The van der Waals surface area contributed by atoms with Crippen LogP contribution in [0.2, 0.25) is 5.02 Å². The summed E-state index contributed by atoms with van der Waals surface area (Å²) in [7, 11) is -3.30. The molecule has 150 valence electrons. The maximum atomic E-state index is 12.7. The predicted molar refractivity (Wildman–Crippen MR) is 108 cm³/mol. The lowest BCUT2D eigenvalue weighted by atomic mass is 10.1. The molecule has 0 spiro atoms. The first-order chi connectivity index (χ1) is 13.5. The Balaban J connectivity index is 1.36. The Morgan fingerprint density at radius 3 is 2.39 bits per heavy atom. The second-order valence-corrected chi connectivity index (χ2v) is 9.39. The quantitative estimate of drug-likeness (QED) is 0.741. The molecule has 0 bridgehead atoms. The molecule has 0 unspecified atom stereocenters. The standard InChI is InChI=1S/C20H23ClN2O4S/c21-18-12-17(13-19-20(18)27-11-10-26-19)14-22-6-8-23(9-7-22)28(24,25)15-16-4-2-1-3-5-16/h1-5,12-13H,6-11,14-15H2. The first-order valence-electron chi connectivity index (χ1n) is 9.33. The Morgan fingerprint density at radius 2 is 1.64 bits per heavy atom. The number of sulfonamides is 1. The SMILES string of the molecule is O=S(=O)(Cc1ccccc1)N1CCN(Cc2cc(Cl)c3c(c2)OCCO3)CC1. The van der Waals surface area contributed by atoms with E-state index < -0.39 is 10.0 Å². The van der Waals surface area contributed by atoms with Gasteiger partial charge in [0.15, 0.2) is 11.5 Å². The molecule has 4 rings (SSSR count). The molecule has 2 aromatic rings. The normalized spacial score (nSPS) is 18.2. The predicted octanol–water partition coefficient (Wildman–Crippen LogP) is 2.76. The Morgan fingerprint density at radius 1 is 0.929 bits per heavy atom. The largest absolute Gasteiger partial charge is 0.486 e. The monoisotopic (exact) mass is 422 g/mol. The van der Waals surface area contributed by atoms with Crippen LogP contribution in [0.1, 0.15) is 11.1 Å². The summed E-state index contributed by atoms with van der Waals surface area (Å²) in [6.07, 6.45) is 0. The topological polar surface area (TPSA) is 59.1 Å². The molecule has 2 aromatic carbocycles. The fourth-order valence-corrected chi connectivity index (χ4v) is 5.36. The van der Waals surface area contributed by atoms with Gasteiger partial charge in [-0.25, -0.2) is 8.42 Å². The highest BCUT2D eigenvalue weighted by Crippen LogP contribution is 2.38. The number of fused-ring (bicyclic) bond motifs is 1. The van der Waals surface area contributed by atoms with E-state index >= 15 is 0 Å². The Labute approximate surface area is 170 Å². The van der Waals surface area contributed by atoms with Gasteiger partial charge in [-0.1, -0.05) is 41.9 Å². The summed E-state index contributed by atoms with van der Waals surface area (Å²) in [5.41, 5.74) is 1.85. The van der Waals surface area contributed by atoms with E-state index in [-0.39, 0.29) is 5.75 Å². The van der Waals surface area contributed by atoms with Gasteiger partial charge < -0.3 is 9.47 Å². The van der Waals surface area contributed by atoms with Gasteiger partial charge in [0.2, 0.25) is 10.0 Å². The molecular weight excluding hydrogens is 400 g/mol. The van der Waals surface area contributed by atoms with Crippen molar-refractivity contribution < 1.29 is 17.9 Å². The van der Waals surface area contributed by atoms with E-state index in [2.05, 4.69) is 4.90 Å². The third-order valence-corrected chi connectivity index (χ3v) is 7.11. The van der Waals surface area contributed by atoms with E-state index in [9.17, 15) is 8.42 Å². The molecule has 0 aromatic heterocycles. The number of piperazine rings is 1. The number of benzene rings is 2. The fraction of sp³-hybridized carbons (Fsp3) is 0.400. The van der Waals surface area contributed by atoms with Gasteiger partial charge in [-0.05, 0) is 23.3 Å². The van der Waals surface area contributed by atoms with Gasteiger partial charge >= 0.3 is 0 Å². The molecule has 8 heteroatoms. The minimum atomic E-state index is -3.30. The maximum absolute atomic E-state index is 12.7. The third kappa shape index (κ3) is 4.43. The highest BCUT2D eigenvalue weighted by atomic mass is 35.5. The number of ether oxygens (including phenoxy) is 2. The molecule has 0 amide bonds. The Hall–Kier alpha value is -1.80. The highest BCUT2D eigenvalue weighted by Gasteiger charge is 2.27. The molecule has 1 saturated heterocycles. The molecular formula is C20H23ClN2O4S. The van der Waals surface area contributed by atoms with Crippen LogP contribution in [0.5, 0.6) is 11.5 Å². The van der Waals surface area contributed by atoms with Gasteiger partial charge in [0, 0.05) is 32.7 Å². The zero-order valence-corrected chi connectivity index (χ0v) is 17.1. The van der Waals surface area contributed by atoms with Crippen LogP contribution in [0.3, 0.4) is 0 Å². The average Bonchev–Trinajstić information content (AvgIpc) is 2.69. The number of hydrogen-bond donors (Lipinski definition) is 0. The molecule has 28 heavy (non-hydrogen) atoms. The van der Waals surface area contributed by atoms with Crippen LogP contribution in [0.25, 0.3) is 0 Å². The molecule has 0 N–H and O–H groups in total. The van der Waals surface area contributed by atoms with Crippen molar-refractivity contribution in [1.29, 1.82) is 0 Å². The van der Waals surface area contributed by atoms with Crippen molar-refractivity contribution in [2.75, 3.05) is 39.4 Å². The molecule has 2 heterocycles. The van der Waals surface area contributed by atoms with E-state index in [1.165, 1.54) is 0 Å². The van der Waals surface area contributed by atoms with Crippen LogP contribution in [-0.2, 0) is 22.3 Å². The molecule has 0 radical (unpaired) electrons. The van der Waals surface area contributed by atoms with Crippen molar-refractivity contribution in [3.63, 3.8) is 0 Å². The van der Waals surface area contributed by atoms with Crippen LogP contribution in [0.15, 0.2) is 42.5 Å². The van der Waals surface area contributed by atoms with E-state index in [1.807, 2.05) is 42.5 Å². The van der Waals surface area contributed by atoms with Crippen molar-refractivity contribution >= 4 is 21.6 Å². The summed E-state index contributed by atoms with van der Waals surface area (Å²) >= 11 is 6.31. The minimum Gasteiger partial charge on any atom is -0.486 e. The summed E-state index contributed by atoms with van der Waals surface area (Å²) < 4.78 is 38.2. The minimum absolute atomic E-state index is 0.0472. The van der Waals surface area contributed by atoms with Crippen LogP contribution in [0, 0.1) is 0 Å². The van der Waals surface area contributed by atoms with Crippen LogP contribution >= 0.6 is 11.6 Å². The molecule has 6 nitrogen and oxygen atoms in total. The summed E-state index contributed by atoms with van der Waals surface area (Å²) in [5, 5.41) is 0.552. The summed E-state index contributed by atoms with van der Waals surface area (Å²) in [5.74, 6) is 1.33. The van der Waals surface area contributed by atoms with Crippen molar-refractivity contribution in [3.05, 3.63) is 58.6 Å². The van der Waals surface area contributed by atoms with Crippen LogP contribution in [0.4, 0.5) is 0 Å². The molecule has 0 atom stereocenters. The second-order valence-electron chi connectivity index (χ2n) is 7.02. The molecule has 2 aliphatic rings. The lowest BCUT2D eigenvalue weighted by Crippen LogP contribution is -2.48. The summed E-state index contributed by atoms with van der Waals surface area (Å²) in [6, 6.07) is 13.2. The molecule has 0 aliphatic carbocycles. The maximum Gasteiger partial charge on any atom is 0.218 e. The Kier molecular flexibility index (Phi) is 5.78. The Bertz CT molecular complexity index is 929. The van der Waals surface area contributed by atoms with Crippen molar-refractivity contribution in [2.24, 2.45) is 0 Å². The second kappa shape index (κ2) is 8.29. The van der Waals surface area contributed by atoms with E-state index in [1.54, 1.807) is 4.31 Å². The molecule has 0 saturated carbocycles. The zero-order chi connectivity index (χ0) is 19.6. The summed E-state index contributed by atoms with van der Waals surface area (Å²) in [6.45, 7) is 4.07. The van der Waals surface area contributed by atoms with Crippen molar-refractivity contribution in [3.8, 4) is 11.5 Å². The molecule has 2 aliphatic heterocycles. The first-order valence-corrected chi connectivity index (χ1v) is 11.3. The smallest absolute Gasteiger partial charge is 0.218 e. The van der Waals surface area contributed by atoms with Crippen LogP contribution < -0.4 is 9.47 Å². The van der Waals surface area contributed by atoms with Crippen molar-refractivity contribution in [2.45, 2.75) is 12.3 Å². The highest BCUT2D eigenvalue weighted by molar-refractivity contribution is 7.88. The summed E-state index contributed by atoms with van der Waals surface area (Å²) in [4.78, 5) is 2.23. The number of halogens is 1. The van der Waals surface area contributed by atoms with Gasteiger partial charge in [0.1, 0.15) is 13.2 Å². The number of rotatable bonds is 5. The lowest BCUT2D eigenvalue weighted by molar-refractivity contribution is 0.169. The van der Waals surface area contributed by atoms with Gasteiger partial charge in [0.25, 0.3) is 0 Å². The number of hydrogen-bond acceptors (Lipinski definition) is 5. The van der Waals surface area contributed by atoms with Gasteiger partial charge in [0.05, 0.1) is 10.8 Å². The van der Waals surface area contributed by atoms with Gasteiger partial charge in [-0.15, -0.1) is 0 Å². The van der Waals surface area contributed by atoms with E-state index in [0.29, 0.717) is 62.5 Å². The van der Waals surface area contributed by atoms with Gasteiger partial charge in [-0.3, -0.25) is 4.90 Å². The first kappa shape index (κ1) is 19.5. The third-order valence-electron chi connectivity index (χ3n) is 4.98. The average molecular weight is 423 g/mol. The van der Waals surface area contributed by atoms with Crippen LogP contribution in [-0.4, -0.2) is 57.0 Å². The fourth-order valence-electron chi connectivity index (χ4n) is 3.56. The van der Waals surface area contributed by atoms with E-state index in [0.717, 1.165) is 11.1 Å². The number of nitrogens with zero attached hydrogens (tertiary/aromatic N) is 2. The van der Waals surface area contributed by atoms with E-state index in [4.69, 9.17) is 21.1 Å². The lowest BCUT2D eigenvalue weighted by Gasteiger charge is -2.34.